The van der Waals surface area contributed by atoms with Crippen molar-refractivity contribution in [2.24, 2.45) is 0 Å². The second kappa shape index (κ2) is 7.75. The van der Waals surface area contributed by atoms with Gasteiger partial charge in [0.2, 0.25) is 0 Å². The molecule has 1 aromatic rings. The molecular weight excluding hydrogens is 282 g/mol. The van der Waals surface area contributed by atoms with Crippen LogP contribution in [0.2, 0.25) is 5.02 Å². The number of carbonyl (C=O) groups is 2. The van der Waals surface area contributed by atoms with Crippen LogP contribution in [0.25, 0.3) is 0 Å². The van der Waals surface area contributed by atoms with Crippen LogP contribution in [-0.2, 0) is 9.59 Å². The van der Waals surface area contributed by atoms with Crippen molar-refractivity contribution in [3.05, 3.63) is 29.3 Å². The lowest BCUT2D eigenvalue weighted by Crippen LogP contribution is -2.46. The molecule has 0 aliphatic heterocycles. The minimum Gasteiger partial charge on any atom is -0.481 e. The number of rotatable bonds is 7. The Bertz CT molecular complexity index is 478. The third-order valence-corrected chi connectivity index (χ3v) is 2.91. The van der Waals surface area contributed by atoms with Crippen molar-refractivity contribution in [3.8, 4) is 5.75 Å². The number of nitrogens with one attached hydrogen (secondary N) is 1. The molecule has 1 aromatic carbocycles. The van der Waals surface area contributed by atoms with Gasteiger partial charge in [-0.15, -0.1) is 0 Å². The summed E-state index contributed by atoms with van der Waals surface area (Å²) in [7, 11) is 0. The zero-order valence-corrected chi connectivity index (χ0v) is 12.2. The lowest BCUT2D eigenvalue weighted by Gasteiger charge is -2.18. The van der Waals surface area contributed by atoms with Crippen molar-refractivity contribution >= 4 is 23.5 Å². The number of aliphatic carboxylic acids is 1. The van der Waals surface area contributed by atoms with E-state index >= 15 is 0 Å². The molecule has 0 aromatic heterocycles. The number of carboxylic acids is 1. The maximum atomic E-state index is 11.9. The van der Waals surface area contributed by atoms with Crippen LogP contribution in [0.5, 0.6) is 5.75 Å². The average molecular weight is 300 g/mol. The molecule has 0 saturated carbocycles. The molecule has 2 atom stereocenters. The molecule has 0 bridgehead atoms. The first-order valence-corrected chi connectivity index (χ1v) is 6.77. The van der Waals surface area contributed by atoms with E-state index < -0.39 is 24.0 Å². The summed E-state index contributed by atoms with van der Waals surface area (Å²) in [6.07, 6.45) is 0.248. The zero-order chi connectivity index (χ0) is 15.1. The Morgan fingerprint density at radius 3 is 2.70 bits per heavy atom. The third kappa shape index (κ3) is 5.09. The Balaban J connectivity index is 2.60. The van der Waals surface area contributed by atoms with Crippen molar-refractivity contribution in [2.75, 3.05) is 0 Å². The van der Waals surface area contributed by atoms with Crippen LogP contribution < -0.4 is 10.1 Å². The van der Waals surface area contributed by atoms with Crippen LogP contribution in [0.1, 0.15) is 26.7 Å². The van der Waals surface area contributed by atoms with E-state index in [1.165, 1.54) is 0 Å². The van der Waals surface area contributed by atoms with Gasteiger partial charge in [0.25, 0.3) is 5.91 Å². The lowest BCUT2D eigenvalue weighted by atomic mass is 10.1. The highest BCUT2D eigenvalue weighted by Crippen LogP contribution is 2.18. The first kappa shape index (κ1) is 16.3. The van der Waals surface area contributed by atoms with Gasteiger partial charge in [-0.25, -0.2) is 4.79 Å². The average Bonchev–Trinajstić information content (AvgIpc) is 2.37. The highest BCUT2D eigenvalue weighted by Gasteiger charge is 2.23. The number of carboxylic acid groups (broad SMARTS) is 1. The van der Waals surface area contributed by atoms with Gasteiger partial charge in [-0.3, -0.25) is 4.79 Å². The molecular formula is C14H18ClNO4. The second-order valence-electron chi connectivity index (χ2n) is 4.41. The second-order valence-corrected chi connectivity index (χ2v) is 4.84. The molecule has 0 fully saturated rings. The maximum absolute atomic E-state index is 11.9. The zero-order valence-electron chi connectivity index (χ0n) is 11.4. The van der Waals surface area contributed by atoms with E-state index in [0.29, 0.717) is 23.6 Å². The molecule has 1 rings (SSSR count). The number of carbonyl (C=O) groups excluding carboxylic acids is 1. The van der Waals surface area contributed by atoms with E-state index in [-0.39, 0.29) is 0 Å². The van der Waals surface area contributed by atoms with Crippen molar-refractivity contribution in [3.63, 3.8) is 0 Å². The summed E-state index contributed by atoms with van der Waals surface area (Å²) >= 11 is 5.82. The highest BCUT2D eigenvalue weighted by atomic mass is 35.5. The molecule has 0 saturated heterocycles. The Hall–Kier alpha value is -1.75. The van der Waals surface area contributed by atoms with Crippen LogP contribution >= 0.6 is 11.6 Å². The number of hydrogen-bond acceptors (Lipinski definition) is 3. The quantitative estimate of drug-likeness (QED) is 0.811. The van der Waals surface area contributed by atoms with E-state index in [1.54, 1.807) is 31.2 Å². The molecule has 5 nitrogen and oxygen atoms in total. The van der Waals surface area contributed by atoms with Gasteiger partial charge in [0, 0.05) is 5.02 Å². The van der Waals surface area contributed by atoms with Gasteiger partial charge in [0.15, 0.2) is 6.10 Å². The summed E-state index contributed by atoms with van der Waals surface area (Å²) in [5.74, 6) is -1.05. The number of ether oxygens (including phenoxy) is 1. The molecule has 0 spiro atoms. The first-order valence-electron chi connectivity index (χ1n) is 6.39. The predicted octanol–water partition coefficient (Wildman–Crippen LogP) is 2.48. The summed E-state index contributed by atoms with van der Waals surface area (Å²) in [4.78, 5) is 22.9. The monoisotopic (exact) mass is 299 g/mol. The minimum atomic E-state index is -1.05. The standard InChI is InChI=1S/C14H18ClNO4/c1-3-5-12(14(18)19)16-13(17)9(2)20-11-7-4-6-10(15)8-11/h4,6-9,12H,3,5H2,1-2H3,(H,16,17)(H,18,19)/t9?,12-/m0/s1. The number of benzene rings is 1. The number of halogens is 1. The third-order valence-electron chi connectivity index (χ3n) is 2.67. The molecule has 0 heterocycles. The predicted molar refractivity (Wildman–Crippen MR) is 76.0 cm³/mol. The van der Waals surface area contributed by atoms with Gasteiger partial charge >= 0.3 is 5.97 Å². The van der Waals surface area contributed by atoms with Gasteiger partial charge in [-0.2, -0.15) is 0 Å². The van der Waals surface area contributed by atoms with Crippen molar-refractivity contribution in [1.29, 1.82) is 0 Å². The van der Waals surface area contributed by atoms with Crippen molar-refractivity contribution in [2.45, 2.75) is 38.8 Å². The summed E-state index contributed by atoms with van der Waals surface area (Å²) in [6.45, 7) is 3.41. The molecule has 20 heavy (non-hydrogen) atoms. The van der Waals surface area contributed by atoms with Crippen LogP contribution in [0.4, 0.5) is 0 Å². The van der Waals surface area contributed by atoms with Gasteiger partial charge in [-0.05, 0) is 31.5 Å². The smallest absolute Gasteiger partial charge is 0.326 e. The fourth-order valence-electron chi connectivity index (χ4n) is 1.63. The Morgan fingerprint density at radius 2 is 2.15 bits per heavy atom. The van der Waals surface area contributed by atoms with Crippen LogP contribution in [0, 0.1) is 0 Å². The molecule has 0 aliphatic rings. The fraction of sp³-hybridized carbons (Fsp3) is 0.429. The van der Waals surface area contributed by atoms with E-state index in [1.807, 2.05) is 6.92 Å². The van der Waals surface area contributed by atoms with Gasteiger partial charge in [0.1, 0.15) is 11.8 Å². The topological polar surface area (TPSA) is 75.6 Å². The largest absolute Gasteiger partial charge is 0.481 e. The van der Waals surface area contributed by atoms with E-state index in [4.69, 9.17) is 21.4 Å². The van der Waals surface area contributed by atoms with E-state index in [2.05, 4.69) is 5.32 Å². The summed E-state index contributed by atoms with van der Waals surface area (Å²) in [5.41, 5.74) is 0. The summed E-state index contributed by atoms with van der Waals surface area (Å²) in [5, 5.41) is 11.9. The summed E-state index contributed by atoms with van der Waals surface area (Å²) in [6, 6.07) is 5.78. The molecule has 1 unspecified atom stereocenters. The summed E-state index contributed by atoms with van der Waals surface area (Å²) < 4.78 is 5.43. The molecule has 110 valence electrons. The van der Waals surface area contributed by atoms with Crippen LogP contribution in [-0.4, -0.2) is 29.1 Å². The maximum Gasteiger partial charge on any atom is 0.326 e. The molecule has 0 radical (unpaired) electrons. The number of amides is 1. The van der Waals surface area contributed by atoms with Gasteiger partial charge < -0.3 is 15.2 Å². The fourth-order valence-corrected chi connectivity index (χ4v) is 1.81. The molecule has 1 amide bonds. The Morgan fingerprint density at radius 1 is 1.45 bits per heavy atom. The van der Waals surface area contributed by atoms with Gasteiger partial charge in [0.05, 0.1) is 0 Å². The van der Waals surface area contributed by atoms with E-state index in [9.17, 15) is 9.59 Å². The first-order chi connectivity index (χ1) is 9.43. The Kier molecular flexibility index (Phi) is 6.31. The molecule has 0 aliphatic carbocycles. The van der Waals surface area contributed by atoms with Crippen LogP contribution in [0.3, 0.4) is 0 Å². The molecule has 2 N–H and O–H groups in total. The van der Waals surface area contributed by atoms with Crippen molar-refractivity contribution in [1.82, 2.24) is 5.32 Å². The van der Waals surface area contributed by atoms with Crippen molar-refractivity contribution < 1.29 is 19.4 Å². The normalized spacial score (nSPS) is 13.3. The lowest BCUT2D eigenvalue weighted by molar-refractivity contribution is -0.143. The van der Waals surface area contributed by atoms with Crippen LogP contribution in [0.15, 0.2) is 24.3 Å². The van der Waals surface area contributed by atoms with Gasteiger partial charge in [-0.1, -0.05) is 31.0 Å². The SMILES string of the molecule is CCC[C@H](NC(=O)C(C)Oc1cccc(Cl)c1)C(=O)O. The molecule has 6 heteroatoms. The minimum absolute atomic E-state index is 0.380. The highest BCUT2D eigenvalue weighted by molar-refractivity contribution is 6.30. The number of hydrogen-bond donors (Lipinski definition) is 2. The Labute approximate surface area is 122 Å². The van der Waals surface area contributed by atoms with E-state index in [0.717, 1.165) is 0 Å².